The average molecular weight is 416 g/mol. The minimum atomic E-state index is -0.771. The maximum atomic E-state index is 12.1. The van der Waals surface area contributed by atoms with E-state index < -0.39 is 17.8 Å². The lowest BCUT2D eigenvalue weighted by atomic mass is 10.2. The van der Waals surface area contributed by atoms with Crippen molar-refractivity contribution in [1.82, 2.24) is 5.32 Å². The van der Waals surface area contributed by atoms with Crippen molar-refractivity contribution in [2.75, 3.05) is 11.4 Å². The summed E-state index contributed by atoms with van der Waals surface area (Å²) in [6.45, 7) is 0. The molecule has 2 aromatic carbocycles. The van der Waals surface area contributed by atoms with Crippen molar-refractivity contribution in [3.63, 3.8) is 0 Å². The number of hydrogen-bond donors (Lipinski definition) is 3. The van der Waals surface area contributed by atoms with Crippen molar-refractivity contribution < 1.29 is 19.1 Å². The van der Waals surface area contributed by atoms with E-state index in [1.54, 1.807) is 0 Å². The molecule has 138 valence electrons. The molecule has 2 aromatic rings. The topological polar surface area (TPSA) is 102 Å². The minimum Gasteiger partial charge on any atom is -0.495 e. The van der Waals surface area contributed by atoms with Gasteiger partial charge in [-0.1, -0.05) is 24.4 Å². The Morgan fingerprint density at radius 3 is 2.19 bits per heavy atom. The zero-order chi connectivity index (χ0) is 18.6. The molecule has 0 aromatic heterocycles. The second-order valence-corrected chi connectivity index (χ2v) is 5.64. The third-order valence-electron chi connectivity index (χ3n) is 3.22. The molecule has 3 N–H and O–H groups in total. The molecule has 0 aliphatic rings. The van der Waals surface area contributed by atoms with Gasteiger partial charge in [0.05, 0.1) is 17.8 Å². The molecular formula is C16H15Cl2N3O4S. The molecule has 0 radical (unpaired) electrons. The fraction of sp³-hybridized carbons (Fsp3) is 0.0625. The zero-order valence-corrected chi connectivity index (χ0v) is 15.9. The van der Waals surface area contributed by atoms with E-state index in [0.29, 0.717) is 11.4 Å². The Morgan fingerprint density at radius 2 is 1.69 bits per heavy atom. The van der Waals surface area contributed by atoms with Crippen LogP contribution >= 0.6 is 36.8 Å². The number of primary amides is 1. The van der Waals surface area contributed by atoms with Crippen LogP contribution in [0.2, 0.25) is 5.02 Å². The molecule has 0 saturated heterocycles. The molecule has 0 aliphatic heterocycles. The van der Waals surface area contributed by atoms with Gasteiger partial charge in [0.2, 0.25) is 5.91 Å². The van der Waals surface area contributed by atoms with E-state index in [-0.39, 0.29) is 28.6 Å². The highest BCUT2D eigenvalue weighted by atomic mass is 35.5. The first-order valence-corrected chi connectivity index (χ1v) is 7.69. The summed E-state index contributed by atoms with van der Waals surface area (Å²) in [4.78, 5) is 35.3. The van der Waals surface area contributed by atoms with Crippen LogP contribution in [0, 0.1) is 0 Å². The number of anilines is 1. The van der Waals surface area contributed by atoms with Crippen molar-refractivity contribution in [3.8, 4) is 5.75 Å². The number of nitrogens with two attached hydrogens (primary N) is 1. The highest BCUT2D eigenvalue weighted by Gasteiger charge is 2.17. The molecule has 2 rings (SSSR count). The van der Waals surface area contributed by atoms with Crippen LogP contribution in [0.15, 0.2) is 42.5 Å². The zero-order valence-electron chi connectivity index (χ0n) is 13.4. The first kappa shape index (κ1) is 21.6. The lowest BCUT2D eigenvalue weighted by molar-refractivity contribution is 0.0964. The Bertz CT molecular complexity index is 831. The number of nitrogens with zero attached hydrogens (tertiary/aromatic N) is 1. The van der Waals surface area contributed by atoms with Crippen molar-refractivity contribution in [3.05, 3.63) is 58.6 Å². The molecule has 26 heavy (non-hydrogen) atoms. The fourth-order valence-corrected chi connectivity index (χ4v) is 2.36. The maximum absolute atomic E-state index is 12.1. The van der Waals surface area contributed by atoms with Gasteiger partial charge in [-0.25, -0.2) is 9.10 Å². The van der Waals surface area contributed by atoms with Crippen LogP contribution in [-0.4, -0.2) is 25.0 Å². The molecule has 4 amide bonds. The number of nitrogens with one attached hydrogen (secondary N) is 1. The summed E-state index contributed by atoms with van der Waals surface area (Å²) >= 11 is 10.0. The summed E-state index contributed by atoms with van der Waals surface area (Å²) in [7, 11) is 1.45. The highest BCUT2D eigenvalue weighted by molar-refractivity contribution is 7.82. The largest absolute Gasteiger partial charge is 0.495 e. The molecule has 0 bridgehead atoms. The first-order valence-electron chi connectivity index (χ1n) is 6.91. The van der Waals surface area contributed by atoms with Crippen LogP contribution in [0.4, 0.5) is 10.5 Å². The number of rotatable bonds is 4. The lowest BCUT2D eigenvalue weighted by Crippen LogP contribution is -2.38. The van der Waals surface area contributed by atoms with Crippen molar-refractivity contribution >= 4 is 60.4 Å². The highest BCUT2D eigenvalue weighted by Crippen LogP contribution is 2.25. The molecule has 0 saturated carbocycles. The summed E-state index contributed by atoms with van der Waals surface area (Å²) < 4.78 is 5.92. The molecular weight excluding hydrogens is 401 g/mol. The van der Waals surface area contributed by atoms with E-state index in [1.165, 1.54) is 49.6 Å². The maximum Gasteiger partial charge on any atom is 0.338 e. The van der Waals surface area contributed by atoms with Crippen LogP contribution < -0.4 is 20.1 Å². The number of halogens is 2. The number of carbonyl (C=O) groups is 3. The molecule has 0 spiro atoms. The number of urea groups is 1. The number of imide groups is 1. The number of carbonyl (C=O) groups excluding carboxylic acids is 3. The van der Waals surface area contributed by atoms with Crippen LogP contribution in [0.3, 0.4) is 0 Å². The quantitative estimate of drug-likeness (QED) is 0.667. The Labute approximate surface area is 166 Å². The van der Waals surface area contributed by atoms with Crippen molar-refractivity contribution in [1.29, 1.82) is 0 Å². The van der Waals surface area contributed by atoms with E-state index >= 15 is 0 Å². The fourth-order valence-electron chi connectivity index (χ4n) is 1.91. The summed E-state index contributed by atoms with van der Waals surface area (Å²) in [5.41, 5.74) is 5.97. The normalized spacial score (nSPS) is 9.65. The van der Waals surface area contributed by atoms with Crippen molar-refractivity contribution in [2.45, 2.75) is 0 Å². The number of hydrogen-bond acceptors (Lipinski definition) is 5. The molecule has 10 heteroatoms. The number of amides is 4. The number of methoxy groups -OCH3 is 1. The van der Waals surface area contributed by atoms with Gasteiger partial charge in [0.1, 0.15) is 5.75 Å². The van der Waals surface area contributed by atoms with Crippen LogP contribution in [-0.2, 0) is 0 Å². The molecule has 7 nitrogen and oxygen atoms in total. The Hall–Kier alpha value is -2.42. The van der Waals surface area contributed by atoms with Gasteiger partial charge in [-0.05, 0) is 42.5 Å². The smallest absolute Gasteiger partial charge is 0.338 e. The monoisotopic (exact) mass is 415 g/mol. The van der Waals surface area contributed by atoms with Gasteiger partial charge >= 0.3 is 6.03 Å². The summed E-state index contributed by atoms with van der Waals surface area (Å²) in [5, 5.41) is 2.42. The van der Waals surface area contributed by atoms with Gasteiger partial charge in [0.25, 0.3) is 5.91 Å². The Balaban J connectivity index is 0.00000338. The summed E-state index contributed by atoms with van der Waals surface area (Å²) in [5.74, 6) is -0.828. The van der Waals surface area contributed by atoms with E-state index in [4.69, 9.17) is 22.1 Å². The Morgan fingerprint density at radius 1 is 1.12 bits per heavy atom. The van der Waals surface area contributed by atoms with E-state index in [0.717, 1.165) is 4.31 Å². The predicted molar refractivity (Wildman–Crippen MR) is 105 cm³/mol. The molecule has 0 aliphatic carbocycles. The minimum absolute atomic E-state index is 0. The van der Waals surface area contributed by atoms with Crippen LogP contribution in [0.25, 0.3) is 0 Å². The Kier molecular flexibility index (Phi) is 7.76. The second-order valence-electron chi connectivity index (χ2n) is 4.83. The predicted octanol–water partition coefficient (Wildman–Crippen LogP) is 3.07. The average Bonchev–Trinajstić information content (AvgIpc) is 2.60. The summed E-state index contributed by atoms with van der Waals surface area (Å²) in [6, 6.07) is 9.43. The standard InChI is InChI=1S/C16H14ClN3O4S.ClH/c1-24-13-7-4-10(8-12(13)17)15(22)19-16(23)20(25)11-5-2-9(3-6-11)14(18)21;/h2-8,25H,1H3,(H2,18,21)(H,19,22,23);1H. The van der Waals surface area contributed by atoms with Crippen LogP contribution in [0.1, 0.15) is 20.7 Å². The number of benzene rings is 2. The molecule has 0 heterocycles. The van der Waals surface area contributed by atoms with Gasteiger partial charge in [0, 0.05) is 11.1 Å². The SMILES string of the molecule is COc1ccc(C(=O)NC(=O)N(S)c2ccc(C(N)=O)cc2)cc1Cl.Cl. The third-order valence-corrected chi connectivity index (χ3v) is 3.93. The van der Waals surface area contributed by atoms with E-state index in [2.05, 4.69) is 18.1 Å². The van der Waals surface area contributed by atoms with Crippen molar-refractivity contribution in [2.24, 2.45) is 5.73 Å². The van der Waals surface area contributed by atoms with Gasteiger partial charge in [-0.3, -0.25) is 14.9 Å². The third kappa shape index (κ3) is 5.04. The molecule has 0 unspecified atom stereocenters. The van der Waals surface area contributed by atoms with Gasteiger partial charge in [0.15, 0.2) is 0 Å². The second kappa shape index (κ2) is 9.33. The van der Waals surface area contributed by atoms with Crippen LogP contribution in [0.5, 0.6) is 5.75 Å². The lowest BCUT2D eigenvalue weighted by Gasteiger charge is -2.16. The van der Waals surface area contributed by atoms with E-state index in [9.17, 15) is 14.4 Å². The number of thiol groups is 1. The van der Waals surface area contributed by atoms with E-state index in [1.807, 2.05) is 0 Å². The number of ether oxygens (including phenoxy) is 1. The molecule has 0 fully saturated rings. The first-order chi connectivity index (χ1) is 11.8. The molecule has 0 atom stereocenters. The summed E-state index contributed by atoms with van der Waals surface area (Å²) in [6.07, 6.45) is 0. The van der Waals surface area contributed by atoms with Gasteiger partial charge < -0.3 is 10.5 Å². The van der Waals surface area contributed by atoms with Gasteiger partial charge in [-0.2, -0.15) is 0 Å². The van der Waals surface area contributed by atoms with Gasteiger partial charge in [-0.15, -0.1) is 12.4 Å².